The fourth-order valence-electron chi connectivity index (χ4n) is 4.68. The van der Waals surface area contributed by atoms with Crippen molar-refractivity contribution >= 4 is 27.5 Å². The lowest BCUT2D eigenvalue weighted by atomic mass is 10.1. The molecule has 0 aliphatic heterocycles. The molecule has 9 heteroatoms. The molecule has 0 aliphatic rings. The van der Waals surface area contributed by atoms with E-state index < -0.39 is 28.5 Å². The highest BCUT2D eigenvalue weighted by atomic mass is 32.2. The molecule has 0 saturated heterocycles. The fraction of sp³-hybridized carbons (Fsp3) is 0.394. The van der Waals surface area contributed by atoms with Crippen LogP contribution in [0.2, 0.25) is 0 Å². The highest BCUT2D eigenvalue weighted by molar-refractivity contribution is 7.92. The Hall–Kier alpha value is -3.85. The molecule has 0 heterocycles. The first-order valence-electron chi connectivity index (χ1n) is 14.4. The van der Waals surface area contributed by atoms with Gasteiger partial charge in [-0.25, -0.2) is 8.42 Å². The maximum absolute atomic E-state index is 14.2. The van der Waals surface area contributed by atoms with Gasteiger partial charge in [-0.1, -0.05) is 67.9 Å². The van der Waals surface area contributed by atoms with Crippen molar-refractivity contribution < 1.29 is 22.7 Å². The van der Waals surface area contributed by atoms with E-state index in [1.807, 2.05) is 71.0 Å². The molecule has 2 amide bonds. The minimum Gasteiger partial charge on any atom is -0.495 e. The smallest absolute Gasteiger partial charge is 0.264 e. The van der Waals surface area contributed by atoms with Crippen LogP contribution in [0, 0.1) is 13.8 Å². The van der Waals surface area contributed by atoms with E-state index in [1.54, 1.807) is 24.3 Å². The van der Waals surface area contributed by atoms with Gasteiger partial charge < -0.3 is 15.0 Å². The molecule has 2 atom stereocenters. The molecular weight excluding hydrogens is 550 g/mol. The number of nitrogens with zero attached hydrogens (tertiary/aromatic N) is 2. The molecule has 1 N–H and O–H groups in total. The van der Waals surface area contributed by atoms with Gasteiger partial charge in [-0.3, -0.25) is 13.9 Å². The van der Waals surface area contributed by atoms with Crippen LogP contribution in [0.25, 0.3) is 0 Å². The van der Waals surface area contributed by atoms with Crippen LogP contribution >= 0.6 is 0 Å². The normalized spacial score (nSPS) is 12.7. The average Bonchev–Trinajstić information content (AvgIpc) is 2.98. The number of carbonyl (C=O) groups is 2. The molecule has 2 unspecified atom stereocenters. The van der Waals surface area contributed by atoms with Gasteiger partial charge in [-0.05, 0) is 75.4 Å². The minimum absolute atomic E-state index is 0.0573. The Balaban J connectivity index is 2.08. The van der Waals surface area contributed by atoms with Crippen LogP contribution in [0.15, 0.2) is 77.7 Å². The third-order valence-corrected chi connectivity index (χ3v) is 9.14. The summed E-state index contributed by atoms with van der Waals surface area (Å²) < 4.78 is 34.9. The summed E-state index contributed by atoms with van der Waals surface area (Å²) in [5.41, 5.74) is 2.99. The largest absolute Gasteiger partial charge is 0.495 e. The monoisotopic (exact) mass is 593 g/mol. The van der Waals surface area contributed by atoms with Gasteiger partial charge in [-0.15, -0.1) is 0 Å². The molecule has 8 nitrogen and oxygen atoms in total. The van der Waals surface area contributed by atoms with E-state index in [0.29, 0.717) is 18.6 Å². The Kier molecular flexibility index (Phi) is 11.6. The molecule has 3 rings (SSSR count). The van der Waals surface area contributed by atoms with Crippen LogP contribution in [-0.2, 0) is 26.0 Å². The Bertz CT molecular complexity index is 1440. The number of hydrogen-bond acceptors (Lipinski definition) is 5. The number of nitrogens with one attached hydrogen (secondary N) is 1. The van der Waals surface area contributed by atoms with Crippen molar-refractivity contribution in [2.45, 2.75) is 70.9 Å². The standard InChI is InChI=1S/C33H43N3O5S/c1-7-26(5)34-33(38)29(8-2)35(21-20-27-12-10-9-11-13-27)32(37)23-36(30-22-25(4)16-19-31(30)41-6)42(39,40)28-17-14-24(3)15-18-28/h9-19,22,26,29H,7-8,20-21,23H2,1-6H3,(H,34,38). The zero-order valence-corrected chi connectivity index (χ0v) is 26.3. The first kappa shape index (κ1) is 32.7. The number of carbonyl (C=O) groups excluding carboxylic acids is 2. The number of amides is 2. The maximum atomic E-state index is 14.2. The SMILES string of the molecule is CCC(C)NC(=O)C(CC)N(CCc1ccccc1)C(=O)CN(c1cc(C)ccc1OC)S(=O)(=O)c1ccc(C)cc1. The summed E-state index contributed by atoms with van der Waals surface area (Å²) in [4.78, 5) is 29.2. The summed E-state index contributed by atoms with van der Waals surface area (Å²) in [7, 11) is -2.72. The van der Waals surface area contributed by atoms with Crippen LogP contribution in [0.3, 0.4) is 0 Å². The van der Waals surface area contributed by atoms with Crippen molar-refractivity contribution in [1.82, 2.24) is 10.2 Å². The summed E-state index contributed by atoms with van der Waals surface area (Å²) in [5, 5.41) is 3.00. The number of anilines is 1. The predicted octanol–water partition coefficient (Wildman–Crippen LogP) is 5.27. The van der Waals surface area contributed by atoms with Crippen LogP contribution in [0.5, 0.6) is 5.75 Å². The van der Waals surface area contributed by atoms with Crippen molar-refractivity contribution in [2.75, 3.05) is 24.5 Å². The maximum Gasteiger partial charge on any atom is 0.264 e. The molecule has 3 aromatic rings. The van der Waals surface area contributed by atoms with Crippen LogP contribution < -0.4 is 14.4 Å². The number of benzene rings is 3. The Morgan fingerprint density at radius 1 is 0.905 bits per heavy atom. The van der Waals surface area contributed by atoms with Crippen LogP contribution in [-0.4, -0.2) is 57.4 Å². The third kappa shape index (κ3) is 8.12. The van der Waals surface area contributed by atoms with E-state index in [9.17, 15) is 18.0 Å². The molecule has 226 valence electrons. The molecule has 0 aliphatic carbocycles. The molecule has 3 aromatic carbocycles. The summed E-state index contributed by atoms with van der Waals surface area (Å²) in [6, 6.07) is 20.6. The van der Waals surface area contributed by atoms with Gasteiger partial charge in [0.15, 0.2) is 0 Å². The number of aryl methyl sites for hydroxylation is 2. The van der Waals surface area contributed by atoms with Gasteiger partial charge in [0, 0.05) is 12.6 Å². The van der Waals surface area contributed by atoms with E-state index in [4.69, 9.17) is 4.74 Å². The second kappa shape index (κ2) is 14.9. The van der Waals surface area contributed by atoms with Crippen LogP contribution in [0.1, 0.15) is 50.3 Å². The molecule has 0 saturated carbocycles. The molecule has 0 spiro atoms. The number of sulfonamides is 1. The molecule has 0 radical (unpaired) electrons. The fourth-order valence-corrected chi connectivity index (χ4v) is 6.10. The average molecular weight is 594 g/mol. The molecule has 42 heavy (non-hydrogen) atoms. The summed E-state index contributed by atoms with van der Waals surface area (Å²) in [6.07, 6.45) is 1.63. The number of hydrogen-bond donors (Lipinski definition) is 1. The van der Waals surface area contributed by atoms with Crippen molar-refractivity contribution in [3.8, 4) is 5.75 Å². The second-order valence-electron chi connectivity index (χ2n) is 10.6. The van der Waals surface area contributed by atoms with Gasteiger partial charge in [-0.2, -0.15) is 0 Å². The molecular formula is C33H43N3O5S. The zero-order chi connectivity index (χ0) is 30.9. The number of rotatable bonds is 14. The van der Waals surface area contributed by atoms with Gasteiger partial charge in [0.05, 0.1) is 17.7 Å². The zero-order valence-electron chi connectivity index (χ0n) is 25.5. The first-order valence-corrected chi connectivity index (χ1v) is 15.8. The van der Waals surface area contributed by atoms with Crippen molar-refractivity contribution in [3.05, 3.63) is 89.5 Å². The molecule has 0 fully saturated rings. The third-order valence-electron chi connectivity index (χ3n) is 7.36. The van der Waals surface area contributed by atoms with Crippen LogP contribution in [0.4, 0.5) is 5.69 Å². The number of methoxy groups -OCH3 is 1. The van der Waals surface area contributed by atoms with E-state index in [1.165, 1.54) is 24.1 Å². The van der Waals surface area contributed by atoms with Gasteiger partial charge >= 0.3 is 0 Å². The lowest BCUT2D eigenvalue weighted by molar-refractivity contribution is -0.139. The lowest BCUT2D eigenvalue weighted by Gasteiger charge is -2.34. The van der Waals surface area contributed by atoms with E-state index in [0.717, 1.165) is 27.4 Å². The quantitative estimate of drug-likeness (QED) is 0.275. The summed E-state index contributed by atoms with van der Waals surface area (Å²) in [5.74, 6) is -0.410. The van der Waals surface area contributed by atoms with Gasteiger partial charge in [0.25, 0.3) is 10.0 Å². The Morgan fingerprint density at radius 3 is 2.14 bits per heavy atom. The molecule has 0 aromatic heterocycles. The van der Waals surface area contributed by atoms with E-state index >= 15 is 0 Å². The first-order chi connectivity index (χ1) is 20.0. The second-order valence-corrected chi connectivity index (χ2v) is 12.4. The predicted molar refractivity (Wildman–Crippen MR) is 167 cm³/mol. The Morgan fingerprint density at radius 2 is 1.55 bits per heavy atom. The lowest BCUT2D eigenvalue weighted by Crippen LogP contribution is -2.54. The highest BCUT2D eigenvalue weighted by Gasteiger charge is 2.34. The topological polar surface area (TPSA) is 96.0 Å². The summed E-state index contributed by atoms with van der Waals surface area (Å²) >= 11 is 0. The van der Waals surface area contributed by atoms with E-state index in [-0.39, 0.29) is 29.1 Å². The molecule has 0 bridgehead atoms. The summed E-state index contributed by atoms with van der Waals surface area (Å²) in [6.45, 7) is 9.22. The van der Waals surface area contributed by atoms with Crippen molar-refractivity contribution in [3.63, 3.8) is 0 Å². The van der Waals surface area contributed by atoms with Crippen molar-refractivity contribution in [1.29, 1.82) is 0 Å². The van der Waals surface area contributed by atoms with E-state index in [2.05, 4.69) is 5.32 Å². The van der Waals surface area contributed by atoms with Gasteiger partial charge in [0.2, 0.25) is 11.8 Å². The minimum atomic E-state index is -4.19. The van der Waals surface area contributed by atoms with Crippen molar-refractivity contribution in [2.24, 2.45) is 0 Å². The highest BCUT2D eigenvalue weighted by Crippen LogP contribution is 2.33. The van der Waals surface area contributed by atoms with Gasteiger partial charge in [0.1, 0.15) is 18.3 Å². The number of ether oxygens (including phenoxy) is 1. The Labute approximate surface area is 250 Å².